The van der Waals surface area contributed by atoms with Crippen molar-refractivity contribution in [3.8, 4) is 0 Å². The van der Waals surface area contributed by atoms with Gasteiger partial charge in [0.05, 0.1) is 19.1 Å². The second-order valence-electron chi connectivity index (χ2n) is 7.91. The molecule has 5 unspecified atom stereocenters. The first kappa shape index (κ1) is 17.6. The Morgan fingerprint density at radius 3 is 2.88 bits per heavy atom. The molecule has 2 N–H and O–H groups in total. The molecule has 1 saturated heterocycles. The van der Waals surface area contributed by atoms with Crippen LogP contribution in [0.2, 0.25) is 0 Å². The highest BCUT2D eigenvalue weighted by atomic mass is 16.5. The van der Waals surface area contributed by atoms with Crippen LogP contribution in [0, 0.1) is 17.8 Å². The van der Waals surface area contributed by atoms with E-state index in [0.717, 1.165) is 41.5 Å². The highest BCUT2D eigenvalue weighted by Gasteiger charge is 2.48. The number of para-hydroxylation sites is 1. The van der Waals surface area contributed by atoms with Gasteiger partial charge in [0.2, 0.25) is 0 Å². The number of H-pyrrole nitrogens is 1. The van der Waals surface area contributed by atoms with Crippen molar-refractivity contribution >= 4 is 16.9 Å². The zero-order valence-electron chi connectivity index (χ0n) is 15.7. The number of rotatable bonds is 2. The van der Waals surface area contributed by atoms with Crippen LogP contribution in [-0.2, 0) is 16.0 Å². The number of aliphatic hydroxyl groups excluding tert-OH is 1. The molecule has 4 rings (SSSR count). The number of aromatic amines is 1. The molecule has 2 aromatic rings. The summed E-state index contributed by atoms with van der Waals surface area (Å²) < 4.78 is 5.20. The SMILES string of the molecule is CCC1CN(C)C2Cc3c([nH]c4ccccc34)C(O)CC1C2C(=O)OC. The number of hydrogen-bond donors (Lipinski definition) is 2. The average molecular weight is 356 g/mol. The Morgan fingerprint density at radius 2 is 2.15 bits per heavy atom. The second kappa shape index (κ2) is 6.71. The topological polar surface area (TPSA) is 65.6 Å². The van der Waals surface area contributed by atoms with Gasteiger partial charge in [0.1, 0.15) is 0 Å². The van der Waals surface area contributed by atoms with E-state index in [0.29, 0.717) is 12.3 Å². The lowest BCUT2D eigenvalue weighted by Gasteiger charge is -2.48. The van der Waals surface area contributed by atoms with E-state index in [-0.39, 0.29) is 23.8 Å². The zero-order chi connectivity index (χ0) is 18.4. The molecule has 1 fully saturated rings. The summed E-state index contributed by atoms with van der Waals surface area (Å²) >= 11 is 0. The smallest absolute Gasteiger partial charge is 0.310 e. The van der Waals surface area contributed by atoms with Gasteiger partial charge in [-0.25, -0.2) is 0 Å². The lowest BCUT2D eigenvalue weighted by Crippen LogP contribution is -2.56. The number of carbonyl (C=O) groups is 1. The number of piperidine rings is 1. The van der Waals surface area contributed by atoms with Crippen molar-refractivity contribution in [2.24, 2.45) is 17.8 Å². The van der Waals surface area contributed by atoms with Crippen LogP contribution in [0.3, 0.4) is 0 Å². The summed E-state index contributed by atoms with van der Waals surface area (Å²) in [5.74, 6) is 0.199. The summed E-state index contributed by atoms with van der Waals surface area (Å²) in [7, 11) is 3.59. The number of aromatic nitrogens is 1. The summed E-state index contributed by atoms with van der Waals surface area (Å²) in [4.78, 5) is 18.5. The molecular weight excluding hydrogens is 328 g/mol. The Kier molecular flexibility index (Phi) is 4.53. The molecular formula is C21H28N2O3. The molecule has 5 nitrogen and oxygen atoms in total. The molecule has 1 aliphatic carbocycles. The summed E-state index contributed by atoms with van der Waals surface area (Å²) in [5.41, 5.74) is 3.12. The molecule has 26 heavy (non-hydrogen) atoms. The van der Waals surface area contributed by atoms with Gasteiger partial charge in [-0.2, -0.15) is 0 Å². The number of aliphatic hydroxyl groups is 1. The van der Waals surface area contributed by atoms with Crippen LogP contribution >= 0.6 is 0 Å². The fraction of sp³-hybridized carbons (Fsp3) is 0.571. The highest BCUT2D eigenvalue weighted by molar-refractivity contribution is 5.85. The molecule has 0 spiro atoms. The standard InChI is InChI=1S/C21H28N2O3/c1-4-12-11-23(2)17-9-15-13-7-5-6-8-16(13)22-20(15)18(24)10-14(12)19(17)21(25)26-3/h5-8,12,14,17-19,22,24H,4,9-11H2,1-3H3. The normalized spacial score (nSPS) is 31.9. The Morgan fingerprint density at radius 1 is 1.38 bits per heavy atom. The predicted octanol–water partition coefficient (Wildman–Crippen LogP) is 2.89. The third kappa shape index (κ3) is 2.65. The Balaban J connectivity index is 1.86. The van der Waals surface area contributed by atoms with Crippen LogP contribution in [0.25, 0.3) is 10.9 Å². The van der Waals surface area contributed by atoms with E-state index >= 15 is 0 Å². The van der Waals surface area contributed by atoms with Crippen LogP contribution in [0.4, 0.5) is 0 Å². The van der Waals surface area contributed by atoms with Crippen molar-refractivity contribution < 1.29 is 14.6 Å². The number of esters is 1. The molecule has 2 heterocycles. The minimum atomic E-state index is -0.576. The number of fused-ring (bicyclic) bond motifs is 5. The van der Waals surface area contributed by atoms with Crippen molar-refractivity contribution in [2.45, 2.75) is 38.3 Å². The van der Waals surface area contributed by atoms with Crippen molar-refractivity contribution in [1.82, 2.24) is 9.88 Å². The number of nitrogens with zero attached hydrogens (tertiary/aromatic N) is 1. The van der Waals surface area contributed by atoms with E-state index in [9.17, 15) is 9.90 Å². The first-order chi connectivity index (χ1) is 12.5. The Hall–Kier alpha value is -1.85. The highest BCUT2D eigenvalue weighted by Crippen LogP contribution is 2.45. The molecule has 1 aliphatic heterocycles. The molecule has 2 bridgehead atoms. The van der Waals surface area contributed by atoms with E-state index < -0.39 is 6.10 Å². The average Bonchev–Trinajstić information content (AvgIpc) is 3.01. The molecule has 1 aromatic carbocycles. The molecule has 5 heteroatoms. The second-order valence-corrected chi connectivity index (χ2v) is 7.91. The maximum Gasteiger partial charge on any atom is 0.310 e. The fourth-order valence-corrected chi connectivity index (χ4v) is 5.33. The van der Waals surface area contributed by atoms with Gasteiger partial charge in [0.15, 0.2) is 0 Å². The third-order valence-corrected chi connectivity index (χ3v) is 6.66. The Bertz CT molecular complexity index is 815. The predicted molar refractivity (Wildman–Crippen MR) is 101 cm³/mol. The van der Waals surface area contributed by atoms with Gasteiger partial charge in [-0.15, -0.1) is 0 Å². The summed E-state index contributed by atoms with van der Waals surface area (Å²) in [5, 5.41) is 12.2. The third-order valence-electron chi connectivity index (χ3n) is 6.66. The van der Waals surface area contributed by atoms with Crippen molar-refractivity contribution in [1.29, 1.82) is 0 Å². The van der Waals surface area contributed by atoms with E-state index in [4.69, 9.17) is 4.74 Å². The van der Waals surface area contributed by atoms with Gasteiger partial charge >= 0.3 is 5.97 Å². The maximum atomic E-state index is 12.7. The van der Waals surface area contributed by atoms with Crippen molar-refractivity contribution in [3.63, 3.8) is 0 Å². The van der Waals surface area contributed by atoms with Gasteiger partial charge in [0.25, 0.3) is 0 Å². The number of methoxy groups -OCH3 is 1. The minimum Gasteiger partial charge on any atom is -0.469 e. The van der Waals surface area contributed by atoms with Crippen LogP contribution < -0.4 is 0 Å². The minimum absolute atomic E-state index is 0.0979. The quantitative estimate of drug-likeness (QED) is 0.812. The summed E-state index contributed by atoms with van der Waals surface area (Å²) in [6.45, 7) is 3.14. The van der Waals surface area contributed by atoms with Crippen LogP contribution in [-0.4, -0.2) is 47.7 Å². The molecule has 140 valence electrons. The van der Waals surface area contributed by atoms with Crippen LogP contribution in [0.15, 0.2) is 24.3 Å². The number of likely N-dealkylation sites (N-methyl/N-ethyl adjacent to an activating group) is 1. The van der Waals surface area contributed by atoms with Gasteiger partial charge in [0, 0.05) is 29.2 Å². The summed E-state index contributed by atoms with van der Waals surface area (Å²) in [6, 6.07) is 8.28. The number of likely N-dealkylation sites (tertiary alicyclic amines) is 1. The monoisotopic (exact) mass is 356 g/mol. The van der Waals surface area contributed by atoms with Crippen molar-refractivity contribution in [3.05, 3.63) is 35.5 Å². The van der Waals surface area contributed by atoms with Crippen molar-refractivity contribution in [2.75, 3.05) is 20.7 Å². The first-order valence-corrected chi connectivity index (χ1v) is 9.60. The number of carbonyl (C=O) groups excluding carboxylic acids is 1. The molecule has 1 aromatic heterocycles. The lowest BCUT2D eigenvalue weighted by molar-refractivity contribution is -0.156. The first-order valence-electron chi connectivity index (χ1n) is 9.60. The number of hydrogen-bond acceptors (Lipinski definition) is 4. The van der Waals surface area contributed by atoms with E-state index in [1.54, 1.807) is 0 Å². The molecule has 0 radical (unpaired) electrons. The molecule has 0 amide bonds. The van der Waals surface area contributed by atoms with Gasteiger partial charge in [-0.3, -0.25) is 4.79 Å². The number of benzene rings is 1. The number of nitrogens with one attached hydrogen (secondary N) is 1. The maximum absolute atomic E-state index is 12.7. The van der Waals surface area contributed by atoms with Crippen LogP contribution in [0.1, 0.15) is 37.1 Å². The van der Waals surface area contributed by atoms with Crippen LogP contribution in [0.5, 0.6) is 0 Å². The lowest BCUT2D eigenvalue weighted by atomic mass is 9.67. The van der Waals surface area contributed by atoms with E-state index in [2.05, 4.69) is 36.0 Å². The molecule has 5 atom stereocenters. The zero-order valence-corrected chi connectivity index (χ0v) is 15.7. The molecule has 2 aliphatic rings. The van der Waals surface area contributed by atoms with E-state index in [1.165, 1.54) is 7.11 Å². The Labute approximate surface area is 154 Å². The van der Waals surface area contributed by atoms with E-state index in [1.807, 2.05) is 12.1 Å². The van der Waals surface area contributed by atoms with Gasteiger partial charge in [-0.1, -0.05) is 31.5 Å². The molecule has 0 saturated carbocycles. The summed E-state index contributed by atoms with van der Waals surface area (Å²) in [6.07, 6.45) is 1.77. The van der Waals surface area contributed by atoms with Gasteiger partial charge in [-0.05, 0) is 43.4 Å². The van der Waals surface area contributed by atoms with Gasteiger partial charge < -0.3 is 19.7 Å². The number of ether oxygens (including phenoxy) is 1. The largest absolute Gasteiger partial charge is 0.469 e. The fourth-order valence-electron chi connectivity index (χ4n) is 5.33.